The molecule has 1 fully saturated rings. The molecule has 1 aliphatic carbocycles. The van der Waals surface area contributed by atoms with Crippen LogP contribution >= 0.6 is 0 Å². The average molecular weight is 496 g/mol. The van der Waals surface area contributed by atoms with Gasteiger partial charge in [-0.25, -0.2) is 4.39 Å². The number of alkyl halides is 3. The van der Waals surface area contributed by atoms with Gasteiger partial charge in [0.1, 0.15) is 5.82 Å². The monoisotopic (exact) mass is 496 g/mol. The number of halogens is 4. The van der Waals surface area contributed by atoms with E-state index in [9.17, 15) is 31.9 Å². The van der Waals surface area contributed by atoms with E-state index >= 15 is 0 Å². The van der Waals surface area contributed by atoms with Crippen molar-refractivity contribution in [2.75, 3.05) is 19.0 Å². The molecular formula is C24H24F4N2O5. The second-order valence-electron chi connectivity index (χ2n) is 8.03. The second-order valence-corrected chi connectivity index (χ2v) is 8.03. The fraction of sp³-hybridized carbons (Fsp3) is 0.375. The van der Waals surface area contributed by atoms with Crippen molar-refractivity contribution in [1.82, 2.24) is 5.32 Å². The summed E-state index contributed by atoms with van der Waals surface area (Å²) >= 11 is 0. The molecule has 0 aliphatic heterocycles. The normalized spacial score (nSPS) is 14.2. The fourth-order valence-electron chi connectivity index (χ4n) is 3.72. The Morgan fingerprint density at radius 3 is 2.37 bits per heavy atom. The minimum atomic E-state index is -4.92. The average Bonchev–Trinajstić information content (AvgIpc) is 2.83. The Balaban J connectivity index is 1.61. The molecular weight excluding hydrogens is 472 g/mol. The summed E-state index contributed by atoms with van der Waals surface area (Å²) < 4.78 is 62.4. The third-order valence-corrected chi connectivity index (χ3v) is 5.49. The highest BCUT2D eigenvalue weighted by Crippen LogP contribution is 2.33. The van der Waals surface area contributed by atoms with Gasteiger partial charge in [-0.15, -0.1) is 0 Å². The highest BCUT2D eigenvalue weighted by Gasteiger charge is 2.34. The van der Waals surface area contributed by atoms with Crippen LogP contribution in [0.4, 0.5) is 23.2 Å². The highest BCUT2D eigenvalue weighted by molar-refractivity contribution is 6.42. The van der Waals surface area contributed by atoms with E-state index in [0.29, 0.717) is 12.1 Å². The minimum Gasteiger partial charge on any atom is -0.493 e. The van der Waals surface area contributed by atoms with Crippen LogP contribution in [0.15, 0.2) is 36.4 Å². The van der Waals surface area contributed by atoms with Crippen LogP contribution in [-0.4, -0.2) is 37.4 Å². The van der Waals surface area contributed by atoms with Crippen molar-refractivity contribution >= 4 is 23.3 Å². The lowest BCUT2D eigenvalue weighted by molar-refractivity contribution is -0.140. The molecule has 1 saturated carbocycles. The number of hydrogen-bond donors (Lipinski definition) is 2. The minimum absolute atomic E-state index is 0.0310. The van der Waals surface area contributed by atoms with Gasteiger partial charge < -0.3 is 20.1 Å². The summed E-state index contributed by atoms with van der Waals surface area (Å²) in [5, 5.41) is 4.94. The number of nitrogens with one attached hydrogen (secondary N) is 2. The lowest BCUT2D eigenvalue weighted by Gasteiger charge is -2.22. The van der Waals surface area contributed by atoms with E-state index < -0.39 is 41.8 Å². The predicted molar refractivity (Wildman–Crippen MR) is 118 cm³/mol. The number of carbonyl (C=O) groups is 3. The molecule has 11 heteroatoms. The Hall–Kier alpha value is -3.63. The van der Waals surface area contributed by atoms with E-state index in [4.69, 9.17) is 9.47 Å². The van der Waals surface area contributed by atoms with Crippen LogP contribution in [0.3, 0.4) is 0 Å². The van der Waals surface area contributed by atoms with Crippen molar-refractivity contribution in [3.63, 3.8) is 0 Å². The van der Waals surface area contributed by atoms with E-state index in [2.05, 4.69) is 10.6 Å². The van der Waals surface area contributed by atoms with Gasteiger partial charge in [0.25, 0.3) is 11.8 Å². The van der Waals surface area contributed by atoms with E-state index in [-0.39, 0.29) is 28.8 Å². The molecule has 2 aromatic carbocycles. The van der Waals surface area contributed by atoms with Gasteiger partial charge in [-0.05, 0) is 49.2 Å². The Morgan fingerprint density at radius 2 is 1.71 bits per heavy atom. The Bertz CT molecular complexity index is 1100. The van der Waals surface area contributed by atoms with Gasteiger partial charge >= 0.3 is 6.18 Å². The summed E-state index contributed by atoms with van der Waals surface area (Å²) in [6.07, 6.45) is -0.162. The lowest BCUT2D eigenvalue weighted by atomic mass is 9.95. The SMILES string of the molecule is COc1cc(C(=O)C(=O)NC2CCCCC2)ccc1OCC(=O)Nc1ccc(F)c(C(F)(F)F)c1. The molecule has 7 nitrogen and oxygen atoms in total. The molecule has 0 heterocycles. The molecule has 188 valence electrons. The molecule has 1 aliphatic rings. The van der Waals surface area contributed by atoms with Crippen LogP contribution in [0.5, 0.6) is 11.5 Å². The predicted octanol–water partition coefficient (Wildman–Crippen LogP) is 4.50. The summed E-state index contributed by atoms with van der Waals surface area (Å²) in [7, 11) is 1.30. The first-order valence-corrected chi connectivity index (χ1v) is 10.9. The van der Waals surface area contributed by atoms with Crippen molar-refractivity contribution in [3.8, 4) is 11.5 Å². The third kappa shape index (κ3) is 6.93. The summed E-state index contributed by atoms with van der Waals surface area (Å²) in [5.74, 6) is -3.57. The zero-order valence-electron chi connectivity index (χ0n) is 18.8. The Kier molecular flexibility index (Phi) is 8.31. The molecule has 0 atom stereocenters. The molecule has 0 radical (unpaired) electrons. The highest BCUT2D eigenvalue weighted by atomic mass is 19.4. The first-order valence-electron chi connectivity index (χ1n) is 10.9. The van der Waals surface area contributed by atoms with E-state index in [0.717, 1.165) is 38.2 Å². The van der Waals surface area contributed by atoms with E-state index in [1.54, 1.807) is 0 Å². The number of anilines is 1. The smallest absolute Gasteiger partial charge is 0.419 e. The van der Waals surface area contributed by atoms with Crippen LogP contribution in [0.1, 0.15) is 48.0 Å². The standard InChI is InChI=1S/C24H24F4N2O5/c1-34-20-11-14(22(32)23(33)30-15-5-3-2-4-6-15)7-10-19(20)35-13-21(31)29-16-8-9-18(25)17(12-16)24(26,27)28/h7-12,15H,2-6,13H2,1H3,(H,29,31)(H,30,33). The summed E-state index contributed by atoms with van der Waals surface area (Å²) in [5.41, 5.74) is -1.70. The summed E-state index contributed by atoms with van der Waals surface area (Å²) in [6, 6.07) is 6.01. The molecule has 0 spiro atoms. The van der Waals surface area contributed by atoms with Crippen LogP contribution in [0.25, 0.3) is 0 Å². The fourth-order valence-corrected chi connectivity index (χ4v) is 3.72. The van der Waals surface area contributed by atoms with Crippen LogP contribution in [0.2, 0.25) is 0 Å². The first-order chi connectivity index (χ1) is 16.6. The number of amides is 2. The molecule has 2 N–H and O–H groups in total. The van der Waals surface area contributed by atoms with Crippen molar-refractivity contribution in [2.45, 2.75) is 44.3 Å². The number of ketones is 1. The maximum atomic E-state index is 13.4. The maximum Gasteiger partial charge on any atom is 0.419 e. The van der Waals surface area contributed by atoms with Crippen LogP contribution < -0.4 is 20.1 Å². The van der Waals surface area contributed by atoms with Gasteiger partial charge in [0, 0.05) is 17.3 Å². The van der Waals surface area contributed by atoms with Crippen molar-refractivity contribution in [1.29, 1.82) is 0 Å². The Labute approximate surface area is 198 Å². The third-order valence-electron chi connectivity index (χ3n) is 5.49. The number of benzene rings is 2. The zero-order valence-corrected chi connectivity index (χ0v) is 18.8. The van der Waals surface area contributed by atoms with Crippen molar-refractivity contribution in [2.24, 2.45) is 0 Å². The number of rotatable bonds is 8. The lowest BCUT2D eigenvalue weighted by Crippen LogP contribution is -2.40. The van der Waals surface area contributed by atoms with Crippen LogP contribution in [0, 0.1) is 5.82 Å². The van der Waals surface area contributed by atoms with Gasteiger partial charge in [0.15, 0.2) is 18.1 Å². The second kappa shape index (κ2) is 11.2. The molecule has 0 unspecified atom stereocenters. The van der Waals surface area contributed by atoms with Gasteiger partial charge in [0.05, 0.1) is 12.7 Å². The number of carbonyl (C=O) groups excluding carboxylic acids is 3. The Morgan fingerprint density at radius 1 is 1.00 bits per heavy atom. The maximum absolute atomic E-state index is 13.4. The van der Waals surface area contributed by atoms with Gasteiger partial charge in [-0.1, -0.05) is 19.3 Å². The molecule has 2 amide bonds. The van der Waals surface area contributed by atoms with Crippen molar-refractivity contribution in [3.05, 3.63) is 53.3 Å². The number of Topliss-reactive ketones (excluding diaryl/α,β-unsaturated/α-hetero) is 1. The van der Waals surface area contributed by atoms with E-state index in [1.165, 1.54) is 25.3 Å². The van der Waals surface area contributed by atoms with Gasteiger partial charge in [0.2, 0.25) is 5.78 Å². The molecule has 2 aromatic rings. The van der Waals surface area contributed by atoms with Crippen LogP contribution in [-0.2, 0) is 15.8 Å². The largest absolute Gasteiger partial charge is 0.493 e. The molecule has 0 bridgehead atoms. The summed E-state index contributed by atoms with van der Waals surface area (Å²) in [4.78, 5) is 36.9. The zero-order chi connectivity index (χ0) is 25.6. The number of hydrogen-bond acceptors (Lipinski definition) is 5. The number of ether oxygens (including phenoxy) is 2. The van der Waals surface area contributed by atoms with Gasteiger partial charge in [-0.3, -0.25) is 14.4 Å². The summed E-state index contributed by atoms with van der Waals surface area (Å²) in [6.45, 7) is -0.607. The molecule has 35 heavy (non-hydrogen) atoms. The van der Waals surface area contributed by atoms with Crippen molar-refractivity contribution < 1.29 is 41.4 Å². The van der Waals surface area contributed by atoms with E-state index in [1.807, 2.05) is 0 Å². The first kappa shape index (κ1) is 26.0. The van der Waals surface area contributed by atoms with Gasteiger partial charge in [-0.2, -0.15) is 13.2 Å². The topological polar surface area (TPSA) is 93.7 Å². The molecule has 3 rings (SSSR count). The quantitative estimate of drug-likeness (QED) is 0.319. The number of methoxy groups -OCH3 is 1. The molecule has 0 saturated heterocycles. The molecule has 0 aromatic heterocycles.